The second-order valence-corrected chi connectivity index (χ2v) is 6.88. The highest BCUT2D eigenvalue weighted by atomic mass is 79.9. The number of carbonyl (C=O) groups is 2. The van der Waals surface area contributed by atoms with Crippen LogP contribution in [0.15, 0.2) is 10.6 Å². The van der Waals surface area contributed by atoms with Crippen LogP contribution in [0.2, 0.25) is 0 Å². The van der Waals surface area contributed by atoms with Gasteiger partial charge in [-0.1, -0.05) is 57.9 Å². The van der Waals surface area contributed by atoms with Crippen LogP contribution in [0.1, 0.15) is 90.4 Å². The molecule has 0 atom stereocenters. The summed E-state index contributed by atoms with van der Waals surface area (Å²) in [6.07, 6.45) is 15.4. The van der Waals surface area contributed by atoms with E-state index in [0.717, 1.165) is 55.8 Å². The predicted molar refractivity (Wildman–Crippen MR) is 99.7 cm³/mol. The molecular weight excluding hydrogens is 356 g/mol. The van der Waals surface area contributed by atoms with E-state index in [2.05, 4.69) is 27.6 Å². The fourth-order valence-electron chi connectivity index (χ4n) is 2.40. The molecule has 0 heterocycles. The van der Waals surface area contributed by atoms with Crippen LogP contribution in [0.5, 0.6) is 0 Å². The van der Waals surface area contributed by atoms with Gasteiger partial charge in [-0.15, -0.1) is 0 Å². The van der Waals surface area contributed by atoms with E-state index < -0.39 is 0 Å². The Bertz CT molecular complexity index is 351. The number of ketones is 1. The first-order chi connectivity index (χ1) is 11.1. The molecule has 0 bridgehead atoms. The standard InChI is InChI=1S/C19H33BrO3/c1-3-4-5-8-12-15-18(21)17(20)14-11-9-6-7-10-13-16-19(22)23-2/h14H,3-13,15-16H2,1-2H3/b17-14-. The molecule has 0 N–H and O–H groups in total. The highest BCUT2D eigenvalue weighted by Crippen LogP contribution is 2.16. The SMILES string of the molecule is CCCCCCCC(=O)/C(Br)=C/CCCCCCCC(=O)OC. The monoisotopic (exact) mass is 388 g/mol. The van der Waals surface area contributed by atoms with Crippen LogP contribution in [0.3, 0.4) is 0 Å². The normalized spacial score (nSPS) is 11.5. The summed E-state index contributed by atoms with van der Waals surface area (Å²) in [5.74, 6) is 0.115. The van der Waals surface area contributed by atoms with E-state index in [1.54, 1.807) is 0 Å². The zero-order valence-corrected chi connectivity index (χ0v) is 16.5. The number of allylic oxidation sites excluding steroid dienone is 2. The molecule has 134 valence electrons. The third kappa shape index (κ3) is 14.7. The fourth-order valence-corrected chi connectivity index (χ4v) is 2.82. The summed E-state index contributed by atoms with van der Waals surface area (Å²) >= 11 is 3.40. The number of esters is 1. The van der Waals surface area contributed by atoms with Crippen LogP contribution < -0.4 is 0 Å². The van der Waals surface area contributed by atoms with Gasteiger partial charge in [0.15, 0.2) is 5.78 Å². The largest absolute Gasteiger partial charge is 0.469 e. The quantitative estimate of drug-likeness (QED) is 0.193. The van der Waals surface area contributed by atoms with Crippen molar-refractivity contribution in [3.05, 3.63) is 10.6 Å². The molecule has 0 aromatic rings. The summed E-state index contributed by atoms with van der Waals surface area (Å²) < 4.78 is 5.36. The second-order valence-electron chi connectivity index (χ2n) is 6.02. The number of halogens is 1. The third-order valence-electron chi connectivity index (χ3n) is 3.91. The minimum absolute atomic E-state index is 0.120. The van der Waals surface area contributed by atoms with E-state index >= 15 is 0 Å². The Balaban J connectivity index is 3.54. The van der Waals surface area contributed by atoms with Gasteiger partial charge in [-0.3, -0.25) is 9.59 Å². The van der Waals surface area contributed by atoms with Crippen molar-refractivity contribution in [3.8, 4) is 0 Å². The molecule has 0 amide bonds. The summed E-state index contributed by atoms with van der Waals surface area (Å²) in [7, 11) is 1.43. The Kier molecular flexibility index (Phi) is 15.8. The van der Waals surface area contributed by atoms with Crippen molar-refractivity contribution in [2.24, 2.45) is 0 Å². The average molecular weight is 389 g/mol. The van der Waals surface area contributed by atoms with Gasteiger partial charge in [-0.05, 0) is 41.6 Å². The lowest BCUT2D eigenvalue weighted by Gasteiger charge is -2.02. The highest BCUT2D eigenvalue weighted by Gasteiger charge is 2.05. The third-order valence-corrected chi connectivity index (χ3v) is 4.68. The van der Waals surface area contributed by atoms with Crippen molar-refractivity contribution in [1.82, 2.24) is 0 Å². The Morgan fingerprint density at radius 1 is 0.870 bits per heavy atom. The van der Waals surface area contributed by atoms with Gasteiger partial charge in [0, 0.05) is 12.8 Å². The molecule has 0 rings (SSSR count). The van der Waals surface area contributed by atoms with Crippen LogP contribution >= 0.6 is 15.9 Å². The van der Waals surface area contributed by atoms with E-state index in [9.17, 15) is 9.59 Å². The number of Topliss-reactive ketones (excluding diaryl/α,β-unsaturated/α-hetero) is 1. The topological polar surface area (TPSA) is 43.4 Å². The molecular formula is C19H33BrO3. The first-order valence-corrected chi connectivity index (χ1v) is 9.86. The lowest BCUT2D eigenvalue weighted by molar-refractivity contribution is -0.140. The highest BCUT2D eigenvalue weighted by molar-refractivity contribution is 9.12. The van der Waals surface area contributed by atoms with Crippen molar-refractivity contribution in [2.45, 2.75) is 90.4 Å². The Labute approximate surface area is 150 Å². The van der Waals surface area contributed by atoms with E-state index in [1.165, 1.54) is 26.4 Å². The van der Waals surface area contributed by atoms with Crippen molar-refractivity contribution in [1.29, 1.82) is 0 Å². The Morgan fingerprint density at radius 3 is 2.09 bits per heavy atom. The predicted octanol–water partition coefficient (Wildman–Crippen LogP) is 6.10. The van der Waals surface area contributed by atoms with Crippen LogP contribution in [0.25, 0.3) is 0 Å². The number of rotatable bonds is 15. The lowest BCUT2D eigenvalue weighted by Crippen LogP contribution is -1.99. The van der Waals surface area contributed by atoms with E-state index in [-0.39, 0.29) is 11.8 Å². The zero-order chi connectivity index (χ0) is 17.3. The molecule has 0 saturated heterocycles. The van der Waals surface area contributed by atoms with Crippen molar-refractivity contribution >= 4 is 27.7 Å². The molecule has 0 saturated carbocycles. The number of hydrogen-bond donors (Lipinski definition) is 0. The molecule has 0 aliphatic carbocycles. The van der Waals surface area contributed by atoms with Crippen LogP contribution in [-0.4, -0.2) is 18.9 Å². The van der Waals surface area contributed by atoms with E-state index in [1.807, 2.05) is 6.08 Å². The fraction of sp³-hybridized carbons (Fsp3) is 0.789. The van der Waals surface area contributed by atoms with Gasteiger partial charge < -0.3 is 4.74 Å². The van der Waals surface area contributed by atoms with Gasteiger partial charge in [-0.2, -0.15) is 0 Å². The molecule has 0 spiro atoms. The van der Waals surface area contributed by atoms with Crippen molar-refractivity contribution < 1.29 is 14.3 Å². The maximum atomic E-state index is 11.9. The lowest BCUT2D eigenvalue weighted by atomic mass is 10.1. The molecule has 0 aliphatic heterocycles. The summed E-state index contributed by atoms with van der Waals surface area (Å²) in [5, 5.41) is 0. The van der Waals surface area contributed by atoms with Crippen molar-refractivity contribution in [3.63, 3.8) is 0 Å². The Morgan fingerprint density at radius 2 is 1.43 bits per heavy atom. The van der Waals surface area contributed by atoms with Gasteiger partial charge in [-0.25, -0.2) is 0 Å². The number of unbranched alkanes of at least 4 members (excludes halogenated alkanes) is 9. The van der Waals surface area contributed by atoms with Gasteiger partial charge in [0.2, 0.25) is 0 Å². The summed E-state index contributed by atoms with van der Waals surface area (Å²) in [6, 6.07) is 0. The van der Waals surface area contributed by atoms with Crippen LogP contribution in [0.4, 0.5) is 0 Å². The molecule has 0 aromatic carbocycles. The smallest absolute Gasteiger partial charge is 0.305 e. The second kappa shape index (κ2) is 16.2. The molecule has 0 aromatic heterocycles. The maximum absolute atomic E-state index is 11.9. The minimum Gasteiger partial charge on any atom is -0.469 e. The van der Waals surface area contributed by atoms with Gasteiger partial charge >= 0.3 is 5.97 Å². The van der Waals surface area contributed by atoms with E-state index in [0.29, 0.717) is 12.8 Å². The maximum Gasteiger partial charge on any atom is 0.305 e. The molecule has 0 fully saturated rings. The van der Waals surface area contributed by atoms with Crippen LogP contribution in [-0.2, 0) is 14.3 Å². The summed E-state index contributed by atoms with van der Waals surface area (Å²) in [6.45, 7) is 2.20. The first kappa shape index (κ1) is 22.4. The molecule has 0 aliphatic rings. The number of hydrogen-bond acceptors (Lipinski definition) is 3. The first-order valence-electron chi connectivity index (χ1n) is 9.07. The number of carbonyl (C=O) groups excluding carboxylic acids is 2. The van der Waals surface area contributed by atoms with Gasteiger partial charge in [0.05, 0.1) is 11.6 Å². The summed E-state index contributed by atoms with van der Waals surface area (Å²) in [4.78, 5) is 22.9. The molecule has 23 heavy (non-hydrogen) atoms. The molecule has 4 heteroatoms. The van der Waals surface area contributed by atoms with Crippen molar-refractivity contribution in [2.75, 3.05) is 7.11 Å². The number of ether oxygens (including phenoxy) is 1. The van der Waals surface area contributed by atoms with Crippen LogP contribution in [0, 0.1) is 0 Å². The molecule has 0 unspecified atom stereocenters. The molecule has 3 nitrogen and oxygen atoms in total. The minimum atomic E-state index is -0.120. The van der Waals surface area contributed by atoms with E-state index in [4.69, 9.17) is 0 Å². The Hall–Kier alpha value is -0.640. The number of methoxy groups -OCH3 is 1. The molecule has 0 radical (unpaired) electrons. The average Bonchev–Trinajstić information content (AvgIpc) is 2.56. The summed E-state index contributed by atoms with van der Waals surface area (Å²) in [5.41, 5.74) is 0. The van der Waals surface area contributed by atoms with Gasteiger partial charge in [0.25, 0.3) is 0 Å². The van der Waals surface area contributed by atoms with Gasteiger partial charge in [0.1, 0.15) is 0 Å². The zero-order valence-electron chi connectivity index (χ0n) is 14.9.